The van der Waals surface area contributed by atoms with Crippen molar-refractivity contribution in [1.29, 1.82) is 0 Å². The summed E-state index contributed by atoms with van der Waals surface area (Å²) < 4.78 is 0. The molecule has 0 bridgehead atoms. The SMILES string of the molecule is Cc1cccc(-c2nc(CC(=O)NNC(=O)c3ccccc3O)cs2)c1. The van der Waals surface area contributed by atoms with E-state index in [1.54, 1.807) is 12.1 Å². The summed E-state index contributed by atoms with van der Waals surface area (Å²) in [6.45, 7) is 2.01. The Morgan fingerprint density at radius 2 is 1.92 bits per heavy atom. The number of amides is 2. The molecule has 2 amide bonds. The molecule has 3 N–H and O–H groups in total. The molecule has 0 aliphatic heterocycles. The molecule has 0 aliphatic rings. The number of benzene rings is 2. The highest BCUT2D eigenvalue weighted by Gasteiger charge is 2.13. The Kier molecular flexibility index (Phi) is 5.28. The van der Waals surface area contributed by atoms with Crippen LogP contribution in [0, 0.1) is 6.92 Å². The van der Waals surface area contributed by atoms with Crippen molar-refractivity contribution in [3.05, 3.63) is 70.7 Å². The first kappa shape index (κ1) is 17.6. The summed E-state index contributed by atoms with van der Waals surface area (Å²) in [7, 11) is 0. The first-order chi connectivity index (χ1) is 12.5. The van der Waals surface area contributed by atoms with Crippen LogP contribution in [-0.2, 0) is 11.2 Å². The molecule has 1 heterocycles. The van der Waals surface area contributed by atoms with Crippen LogP contribution in [-0.4, -0.2) is 21.9 Å². The molecule has 0 saturated carbocycles. The van der Waals surface area contributed by atoms with E-state index in [2.05, 4.69) is 15.8 Å². The minimum Gasteiger partial charge on any atom is -0.507 e. The number of carbonyl (C=O) groups is 2. The van der Waals surface area contributed by atoms with E-state index in [0.717, 1.165) is 16.1 Å². The molecule has 0 spiro atoms. The molecule has 1 aromatic heterocycles. The number of nitrogens with one attached hydrogen (secondary N) is 2. The van der Waals surface area contributed by atoms with Gasteiger partial charge in [-0.1, -0.05) is 35.9 Å². The molecule has 7 heteroatoms. The molecule has 26 heavy (non-hydrogen) atoms. The summed E-state index contributed by atoms with van der Waals surface area (Å²) >= 11 is 1.47. The Balaban J connectivity index is 1.57. The predicted octanol–water partition coefficient (Wildman–Crippen LogP) is 2.83. The average molecular weight is 367 g/mol. The summed E-state index contributed by atoms with van der Waals surface area (Å²) in [6, 6.07) is 14.1. The van der Waals surface area contributed by atoms with Crippen molar-refractivity contribution in [2.24, 2.45) is 0 Å². The van der Waals surface area contributed by atoms with Gasteiger partial charge in [-0.15, -0.1) is 11.3 Å². The lowest BCUT2D eigenvalue weighted by Gasteiger charge is -2.07. The van der Waals surface area contributed by atoms with Crippen LogP contribution in [0.1, 0.15) is 21.6 Å². The topological polar surface area (TPSA) is 91.3 Å². The number of phenolic OH excluding ortho intramolecular Hbond substituents is 1. The summed E-state index contributed by atoms with van der Waals surface area (Å²) in [5, 5.41) is 12.3. The number of aryl methyl sites for hydroxylation is 1. The van der Waals surface area contributed by atoms with Crippen molar-refractivity contribution < 1.29 is 14.7 Å². The summed E-state index contributed by atoms with van der Waals surface area (Å²) in [4.78, 5) is 28.4. The van der Waals surface area contributed by atoms with Gasteiger partial charge in [-0.3, -0.25) is 20.4 Å². The molecule has 0 saturated heterocycles. The van der Waals surface area contributed by atoms with Gasteiger partial charge in [0.1, 0.15) is 10.8 Å². The Morgan fingerprint density at radius 1 is 1.12 bits per heavy atom. The van der Waals surface area contributed by atoms with Crippen molar-refractivity contribution in [2.45, 2.75) is 13.3 Å². The summed E-state index contributed by atoms with van der Waals surface area (Å²) in [5.41, 5.74) is 7.48. The van der Waals surface area contributed by atoms with E-state index in [4.69, 9.17) is 0 Å². The van der Waals surface area contributed by atoms with Crippen molar-refractivity contribution in [1.82, 2.24) is 15.8 Å². The Hall–Kier alpha value is -3.19. The molecule has 2 aromatic carbocycles. The van der Waals surface area contributed by atoms with Crippen molar-refractivity contribution in [2.75, 3.05) is 0 Å². The molecule has 3 aromatic rings. The van der Waals surface area contributed by atoms with Crippen LogP contribution in [0.25, 0.3) is 10.6 Å². The van der Waals surface area contributed by atoms with Gasteiger partial charge in [-0.25, -0.2) is 4.98 Å². The Labute approximate surface area is 154 Å². The maximum absolute atomic E-state index is 12.0. The third-order valence-electron chi connectivity index (χ3n) is 3.62. The first-order valence-electron chi connectivity index (χ1n) is 7.91. The molecule has 6 nitrogen and oxygen atoms in total. The van der Waals surface area contributed by atoms with Gasteiger partial charge in [0.15, 0.2) is 0 Å². The fourth-order valence-electron chi connectivity index (χ4n) is 2.37. The van der Waals surface area contributed by atoms with Crippen LogP contribution >= 0.6 is 11.3 Å². The highest BCUT2D eigenvalue weighted by Crippen LogP contribution is 2.24. The maximum Gasteiger partial charge on any atom is 0.273 e. The smallest absolute Gasteiger partial charge is 0.273 e. The number of para-hydroxylation sites is 1. The molecular weight excluding hydrogens is 350 g/mol. The van der Waals surface area contributed by atoms with Crippen LogP contribution in [0.5, 0.6) is 5.75 Å². The molecular formula is C19H17N3O3S. The van der Waals surface area contributed by atoms with Crippen LogP contribution in [0.2, 0.25) is 0 Å². The van der Waals surface area contributed by atoms with Gasteiger partial charge in [0, 0.05) is 10.9 Å². The number of aromatic hydroxyl groups is 1. The number of nitrogens with zero attached hydrogens (tertiary/aromatic N) is 1. The van der Waals surface area contributed by atoms with E-state index in [1.807, 2.05) is 36.6 Å². The van der Waals surface area contributed by atoms with Crippen LogP contribution in [0.15, 0.2) is 53.9 Å². The van der Waals surface area contributed by atoms with Crippen LogP contribution in [0.4, 0.5) is 0 Å². The number of carbonyl (C=O) groups excluding carboxylic acids is 2. The number of hydrogen-bond donors (Lipinski definition) is 3. The number of hydrazine groups is 1. The van der Waals surface area contributed by atoms with Crippen molar-refractivity contribution in [3.63, 3.8) is 0 Å². The predicted molar refractivity (Wildman–Crippen MR) is 99.7 cm³/mol. The van der Waals surface area contributed by atoms with Crippen LogP contribution in [0.3, 0.4) is 0 Å². The summed E-state index contributed by atoms with van der Waals surface area (Å²) in [5.74, 6) is -1.13. The first-order valence-corrected chi connectivity index (χ1v) is 8.79. The number of hydrogen-bond acceptors (Lipinski definition) is 5. The number of rotatable bonds is 4. The average Bonchev–Trinajstić information content (AvgIpc) is 3.08. The van der Waals surface area contributed by atoms with Gasteiger partial charge < -0.3 is 5.11 Å². The zero-order valence-electron chi connectivity index (χ0n) is 14.0. The largest absolute Gasteiger partial charge is 0.507 e. The zero-order valence-corrected chi connectivity index (χ0v) is 14.8. The van der Waals surface area contributed by atoms with E-state index in [9.17, 15) is 14.7 Å². The normalized spacial score (nSPS) is 10.3. The standard InChI is InChI=1S/C19H17N3O3S/c1-12-5-4-6-13(9-12)19-20-14(11-26-19)10-17(24)21-22-18(25)15-7-2-3-8-16(15)23/h2-9,11,23H,10H2,1H3,(H,21,24)(H,22,25). The fourth-order valence-corrected chi connectivity index (χ4v) is 3.18. The van der Waals surface area contributed by atoms with Gasteiger partial charge in [-0.2, -0.15) is 0 Å². The molecule has 0 aliphatic carbocycles. The third-order valence-corrected chi connectivity index (χ3v) is 4.56. The third kappa shape index (κ3) is 4.25. The second-order valence-corrected chi connectivity index (χ2v) is 6.57. The zero-order chi connectivity index (χ0) is 18.5. The second-order valence-electron chi connectivity index (χ2n) is 5.71. The number of thiazole rings is 1. The second kappa shape index (κ2) is 7.79. The Bertz CT molecular complexity index is 952. The summed E-state index contributed by atoms with van der Waals surface area (Å²) in [6.07, 6.45) is 0.0450. The van der Waals surface area contributed by atoms with E-state index >= 15 is 0 Å². The lowest BCUT2D eigenvalue weighted by molar-refractivity contribution is -0.121. The fraction of sp³-hybridized carbons (Fsp3) is 0.105. The molecule has 0 fully saturated rings. The van der Waals surface area contributed by atoms with Crippen LogP contribution < -0.4 is 10.9 Å². The Morgan fingerprint density at radius 3 is 2.69 bits per heavy atom. The molecule has 0 atom stereocenters. The number of aromatic nitrogens is 1. The maximum atomic E-state index is 12.0. The van der Waals surface area contributed by atoms with E-state index in [0.29, 0.717) is 5.69 Å². The van der Waals surface area contributed by atoms with Gasteiger partial charge in [0.25, 0.3) is 5.91 Å². The highest BCUT2D eigenvalue weighted by atomic mass is 32.1. The number of phenols is 1. The lowest BCUT2D eigenvalue weighted by Crippen LogP contribution is -2.42. The van der Waals surface area contributed by atoms with E-state index in [1.165, 1.54) is 23.5 Å². The van der Waals surface area contributed by atoms with Gasteiger partial charge in [0.05, 0.1) is 17.7 Å². The highest BCUT2D eigenvalue weighted by molar-refractivity contribution is 7.13. The quantitative estimate of drug-likeness (QED) is 0.619. The van der Waals surface area contributed by atoms with E-state index in [-0.39, 0.29) is 17.7 Å². The molecule has 0 radical (unpaired) electrons. The van der Waals surface area contributed by atoms with Gasteiger partial charge >= 0.3 is 0 Å². The molecule has 0 unspecified atom stereocenters. The van der Waals surface area contributed by atoms with Gasteiger partial charge in [0.2, 0.25) is 5.91 Å². The minimum atomic E-state index is -0.588. The van der Waals surface area contributed by atoms with E-state index < -0.39 is 11.8 Å². The monoisotopic (exact) mass is 367 g/mol. The van der Waals surface area contributed by atoms with Crippen molar-refractivity contribution >= 4 is 23.2 Å². The molecule has 3 rings (SSSR count). The minimum absolute atomic E-state index is 0.0450. The van der Waals surface area contributed by atoms with Crippen molar-refractivity contribution in [3.8, 4) is 16.3 Å². The molecule has 132 valence electrons. The lowest BCUT2D eigenvalue weighted by atomic mass is 10.1. The van der Waals surface area contributed by atoms with Gasteiger partial charge in [-0.05, 0) is 25.1 Å².